The van der Waals surface area contributed by atoms with Crippen molar-refractivity contribution >= 4 is 29.7 Å². The van der Waals surface area contributed by atoms with Crippen molar-refractivity contribution in [2.45, 2.75) is 0 Å². The monoisotopic (exact) mass is 514 g/mol. The fraction of sp³-hybridized carbons (Fsp3) is 0.0690. The van der Waals surface area contributed by atoms with Crippen molar-refractivity contribution in [2.24, 2.45) is 5.10 Å². The Morgan fingerprint density at radius 2 is 1.57 bits per heavy atom. The van der Waals surface area contributed by atoms with E-state index >= 15 is 0 Å². The molecule has 0 fully saturated rings. The normalized spacial score (nSPS) is 10.6. The van der Waals surface area contributed by atoms with Gasteiger partial charge in [0, 0.05) is 0 Å². The molecule has 8 heteroatoms. The summed E-state index contributed by atoms with van der Waals surface area (Å²) < 4.78 is 16.3. The molecule has 0 atom stereocenters. The van der Waals surface area contributed by atoms with Crippen molar-refractivity contribution in [3.63, 3.8) is 0 Å². The average molecular weight is 515 g/mol. The fourth-order valence-electron chi connectivity index (χ4n) is 3.36. The van der Waals surface area contributed by atoms with Crippen molar-refractivity contribution in [2.75, 3.05) is 13.7 Å². The molecule has 0 aliphatic rings. The van der Waals surface area contributed by atoms with Gasteiger partial charge < -0.3 is 14.2 Å². The Kier molecular flexibility index (Phi) is 8.52. The number of hydrazone groups is 1. The van der Waals surface area contributed by atoms with Crippen molar-refractivity contribution < 1.29 is 23.8 Å². The van der Waals surface area contributed by atoms with E-state index in [2.05, 4.69) is 10.5 Å². The van der Waals surface area contributed by atoms with Gasteiger partial charge in [-0.05, 0) is 59.2 Å². The lowest BCUT2D eigenvalue weighted by Crippen LogP contribution is -2.24. The molecule has 0 bridgehead atoms. The van der Waals surface area contributed by atoms with Crippen LogP contribution in [0.25, 0.3) is 11.1 Å². The summed E-state index contributed by atoms with van der Waals surface area (Å²) in [4.78, 5) is 24.5. The molecule has 0 radical (unpaired) electrons. The third-order valence-corrected chi connectivity index (χ3v) is 5.55. The zero-order valence-electron chi connectivity index (χ0n) is 19.9. The van der Waals surface area contributed by atoms with Gasteiger partial charge in [0.05, 0.1) is 23.9 Å². The van der Waals surface area contributed by atoms with Crippen LogP contribution in [0.1, 0.15) is 15.9 Å². The van der Waals surface area contributed by atoms with Gasteiger partial charge in [0.1, 0.15) is 5.75 Å². The summed E-state index contributed by atoms with van der Waals surface area (Å²) in [6, 6.07) is 28.9. The molecule has 0 unspecified atom stereocenters. The lowest BCUT2D eigenvalue weighted by Gasteiger charge is -2.10. The maximum absolute atomic E-state index is 12.4. The number of hydrogen-bond donors (Lipinski definition) is 1. The van der Waals surface area contributed by atoms with Crippen molar-refractivity contribution in [3.05, 3.63) is 113 Å². The van der Waals surface area contributed by atoms with E-state index < -0.39 is 11.9 Å². The molecule has 0 saturated heterocycles. The third kappa shape index (κ3) is 6.96. The molecule has 0 heterocycles. The number of rotatable bonds is 9. The molecular weight excluding hydrogens is 492 g/mol. The van der Waals surface area contributed by atoms with Crippen molar-refractivity contribution in [1.29, 1.82) is 0 Å². The predicted molar refractivity (Wildman–Crippen MR) is 143 cm³/mol. The molecule has 0 saturated carbocycles. The molecule has 7 nitrogen and oxygen atoms in total. The summed E-state index contributed by atoms with van der Waals surface area (Å²) in [5.74, 6) is 0.0941. The fourth-order valence-corrected chi connectivity index (χ4v) is 3.58. The van der Waals surface area contributed by atoms with E-state index in [-0.39, 0.29) is 17.9 Å². The predicted octanol–water partition coefficient (Wildman–Crippen LogP) is 5.76. The molecule has 186 valence electrons. The largest absolute Gasteiger partial charge is 0.493 e. The molecule has 4 rings (SSSR count). The molecule has 0 aromatic heterocycles. The molecule has 4 aromatic carbocycles. The maximum atomic E-state index is 12.4. The second kappa shape index (κ2) is 12.4. The van der Waals surface area contributed by atoms with E-state index in [0.717, 1.165) is 11.1 Å². The Balaban J connectivity index is 1.29. The lowest BCUT2D eigenvalue weighted by molar-refractivity contribution is -0.123. The highest BCUT2D eigenvalue weighted by atomic mass is 35.5. The topological polar surface area (TPSA) is 86.2 Å². The quantitative estimate of drug-likeness (QED) is 0.133. The summed E-state index contributed by atoms with van der Waals surface area (Å²) in [6.45, 7) is -0.192. The number of nitrogens with one attached hydrogen (secondary N) is 1. The number of carbonyl (C=O) groups excluding carboxylic acids is 2. The molecule has 37 heavy (non-hydrogen) atoms. The third-order valence-electron chi connectivity index (χ3n) is 5.22. The molecule has 0 aliphatic carbocycles. The molecule has 1 N–H and O–H groups in total. The van der Waals surface area contributed by atoms with Crippen LogP contribution in [0, 0.1) is 0 Å². The van der Waals surface area contributed by atoms with Gasteiger partial charge in [-0.15, -0.1) is 0 Å². The van der Waals surface area contributed by atoms with E-state index in [0.29, 0.717) is 22.1 Å². The summed E-state index contributed by atoms with van der Waals surface area (Å²) in [5, 5.41) is 4.24. The van der Waals surface area contributed by atoms with Gasteiger partial charge in [-0.1, -0.05) is 66.2 Å². The maximum Gasteiger partial charge on any atom is 0.345 e. The Bertz CT molecular complexity index is 1410. The van der Waals surface area contributed by atoms with Crippen molar-refractivity contribution in [1.82, 2.24) is 5.43 Å². The number of methoxy groups -OCH3 is 1. The van der Waals surface area contributed by atoms with Crippen LogP contribution in [0.3, 0.4) is 0 Å². The summed E-state index contributed by atoms with van der Waals surface area (Å²) in [5.41, 5.74) is 5.44. The highest BCUT2D eigenvalue weighted by molar-refractivity contribution is 6.33. The van der Waals surface area contributed by atoms with E-state index in [9.17, 15) is 9.59 Å². The average Bonchev–Trinajstić information content (AvgIpc) is 2.93. The van der Waals surface area contributed by atoms with Crippen molar-refractivity contribution in [3.8, 4) is 28.4 Å². The second-order valence-corrected chi connectivity index (χ2v) is 8.16. The van der Waals surface area contributed by atoms with Crippen LogP contribution in [0.15, 0.2) is 102 Å². The summed E-state index contributed by atoms with van der Waals surface area (Å²) in [6.07, 6.45) is 1.44. The Hall–Kier alpha value is -4.62. The Morgan fingerprint density at radius 3 is 2.30 bits per heavy atom. The number of carbonyl (C=O) groups is 2. The number of nitrogens with zero attached hydrogens (tertiary/aromatic N) is 1. The highest BCUT2D eigenvalue weighted by Gasteiger charge is 2.15. The van der Waals surface area contributed by atoms with Gasteiger partial charge in [0.25, 0.3) is 5.91 Å². The second-order valence-electron chi connectivity index (χ2n) is 7.75. The van der Waals surface area contributed by atoms with Crippen LogP contribution < -0.4 is 19.6 Å². The van der Waals surface area contributed by atoms with Gasteiger partial charge in [-0.25, -0.2) is 10.2 Å². The van der Waals surface area contributed by atoms with E-state index in [1.807, 2.05) is 54.6 Å². The molecule has 0 aliphatic heterocycles. The summed E-state index contributed by atoms with van der Waals surface area (Å²) >= 11 is 6.06. The number of ether oxygens (including phenoxy) is 3. The SMILES string of the molecule is COc1cc(/C=N/NC(=O)COc2ccc(-c3ccccc3)cc2)ccc1OC(=O)c1ccccc1Cl. The van der Waals surface area contributed by atoms with Crippen LogP contribution in [-0.4, -0.2) is 31.8 Å². The Morgan fingerprint density at radius 1 is 0.865 bits per heavy atom. The number of amides is 1. The van der Waals surface area contributed by atoms with Gasteiger partial charge in [-0.2, -0.15) is 5.10 Å². The van der Waals surface area contributed by atoms with Crippen LogP contribution in [0.4, 0.5) is 0 Å². The van der Waals surface area contributed by atoms with E-state index in [4.69, 9.17) is 25.8 Å². The minimum Gasteiger partial charge on any atom is -0.493 e. The first-order valence-corrected chi connectivity index (χ1v) is 11.7. The lowest BCUT2D eigenvalue weighted by atomic mass is 10.1. The van der Waals surface area contributed by atoms with Gasteiger partial charge >= 0.3 is 5.97 Å². The number of benzene rings is 4. The number of halogens is 1. The van der Waals surface area contributed by atoms with Gasteiger partial charge in [0.15, 0.2) is 18.1 Å². The van der Waals surface area contributed by atoms with E-state index in [1.165, 1.54) is 13.3 Å². The van der Waals surface area contributed by atoms with Crippen LogP contribution in [0.5, 0.6) is 17.2 Å². The molecule has 0 spiro atoms. The smallest absolute Gasteiger partial charge is 0.345 e. The van der Waals surface area contributed by atoms with Gasteiger partial charge in [0.2, 0.25) is 0 Å². The highest BCUT2D eigenvalue weighted by Crippen LogP contribution is 2.29. The number of esters is 1. The minimum absolute atomic E-state index is 0.192. The first-order valence-electron chi connectivity index (χ1n) is 11.3. The van der Waals surface area contributed by atoms with Crippen LogP contribution in [-0.2, 0) is 4.79 Å². The van der Waals surface area contributed by atoms with Crippen LogP contribution in [0.2, 0.25) is 5.02 Å². The number of hydrogen-bond acceptors (Lipinski definition) is 6. The molecular formula is C29H23ClN2O5. The zero-order valence-corrected chi connectivity index (χ0v) is 20.6. The first kappa shape index (κ1) is 25.5. The standard InChI is InChI=1S/C29H23ClN2O5/c1-35-27-17-20(11-16-26(27)37-29(34)24-9-5-6-10-25(24)30)18-31-32-28(33)19-36-23-14-12-22(13-15-23)21-7-3-2-4-8-21/h2-18H,19H2,1H3,(H,32,33)/b31-18+. The minimum atomic E-state index is -0.604. The summed E-state index contributed by atoms with van der Waals surface area (Å²) in [7, 11) is 1.45. The molecule has 1 amide bonds. The van der Waals surface area contributed by atoms with Gasteiger partial charge in [-0.3, -0.25) is 4.79 Å². The van der Waals surface area contributed by atoms with E-state index in [1.54, 1.807) is 42.5 Å². The first-order chi connectivity index (χ1) is 18.0. The zero-order chi connectivity index (χ0) is 26.0. The Labute approximate surface area is 219 Å². The van der Waals surface area contributed by atoms with Crippen LogP contribution >= 0.6 is 11.6 Å². The molecule has 4 aromatic rings.